The molecule has 62 heavy (non-hydrogen) atoms. The van der Waals surface area contributed by atoms with Gasteiger partial charge in [-0.25, -0.2) is 9.97 Å². The molecule has 0 aliphatic heterocycles. The third kappa shape index (κ3) is 5.22. The van der Waals surface area contributed by atoms with E-state index in [0.717, 1.165) is 56.9 Å². The lowest BCUT2D eigenvalue weighted by molar-refractivity contribution is 0.922. The van der Waals surface area contributed by atoms with E-state index < -0.39 is 0 Å². The van der Waals surface area contributed by atoms with Gasteiger partial charge in [0.15, 0.2) is 5.82 Å². The van der Waals surface area contributed by atoms with Gasteiger partial charge in [-0.15, -0.1) is 22.7 Å². The largest absolute Gasteiger partial charge is 0.290 e. The summed E-state index contributed by atoms with van der Waals surface area (Å²) in [6.45, 7) is 2.24. The van der Waals surface area contributed by atoms with Crippen molar-refractivity contribution in [3.05, 3.63) is 188 Å². The monoisotopic (exact) mass is 827 g/mol. The molecule has 0 spiro atoms. The normalized spacial score (nSPS) is 12.1. The van der Waals surface area contributed by atoms with Gasteiger partial charge < -0.3 is 0 Å². The molecule has 4 heterocycles. The minimum absolute atomic E-state index is 0.837. The lowest BCUT2D eigenvalue weighted by Gasteiger charge is -2.14. The highest BCUT2D eigenvalue weighted by atomic mass is 32.1. The van der Waals surface area contributed by atoms with Gasteiger partial charge in [-0.2, -0.15) is 0 Å². The van der Waals surface area contributed by atoms with Crippen LogP contribution in [0.25, 0.3) is 123 Å². The summed E-state index contributed by atoms with van der Waals surface area (Å²) in [6, 6.07) is 66.5. The number of rotatable bonds is 6. The molecular weight excluding hydrogens is 791 g/mol. The van der Waals surface area contributed by atoms with Gasteiger partial charge >= 0.3 is 0 Å². The maximum atomic E-state index is 5.87. The SMILES string of the molecule is CCCc1ccc(-c2c(-c3ccccc3)sc3nc(-n4c5ccc6ccccc6c5c5c6ccccc6c6c7ccc8ccccc8c7sc6c54)c(-c4ccccc4)nc23)cc1. The van der Waals surface area contributed by atoms with Gasteiger partial charge in [-0.3, -0.25) is 4.57 Å². The molecule has 4 aromatic heterocycles. The Morgan fingerprint density at radius 2 is 1.10 bits per heavy atom. The van der Waals surface area contributed by atoms with Crippen molar-refractivity contribution in [3.8, 4) is 38.6 Å². The Bertz CT molecular complexity index is 3910. The predicted octanol–water partition coefficient (Wildman–Crippen LogP) is 16.6. The van der Waals surface area contributed by atoms with E-state index >= 15 is 0 Å². The third-order valence-electron chi connectivity index (χ3n) is 12.7. The molecule has 0 amide bonds. The van der Waals surface area contributed by atoms with Crippen LogP contribution in [0.2, 0.25) is 0 Å². The van der Waals surface area contributed by atoms with Crippen molar-refractivity contribution in [1.29, 1.82) is 0 Å². The summed E-state index contributed by atoms with van der Waals surface area (Å²) < 4.78 is 5.04. The summed E-state index contributed by atoms with van der Waals surface area (Å²) in [5.41, 5.74) is 9.92. The van der Waals surface area contributed by atoms with E-state index in [1.54, 1.807) is 11.3 Å². The molecule has 13 aromatic rings. The minimum Gasteiger partial charge on any atom is -0.290 e. The molecule has 0 aliphatic rings. The highest BCUT2D eigenvalue weighted by molar-refractivity contribution is 7.27. The fourth-order valence-electron chi connectivity index (χ4n) is 9.97. The first-order valence-corrected chi connectivity index (χ1v) is 23.0. The highest BCUT2D eigenvalue weighted by Crippen LogP contribution is 2.52. The number of hydrogen-bond donors (Lipinski definition) is 0. The van der Waals surface area contributed by atoms with Crippen LogP contribution >= 0.6 is 22.7 Å². The van der Waals surface area contributed by atoms with Gasteiger partial charge in [0, 0.05) is 42.2 Å². The molecular formula is C57H37N3S2. The minimum atomic E-state index is 0.837. The Balaban J connectivity index is 1.24. The third-order valence-corrected chi connectivity index (χ3v) is 15.1. The first-order chi connectivity index (χ1) is 30.7. The van der Waals surface area contributed by atoms with Crippen molar-refractivity contribution in [2.75, 3.05) is 0 Å². The van der Waals surface area contributed by atoms with E-state index in [-0.39, 0.29) is 0 Å². The zero-order chi connectivity index (χ0) is 40.9. The summed E-state index contributed by atoms with van der Waals surface area (Å²) in [6.07, 6.45) is 2.17. The van der Waals surface area contributed by atoms with Gasteiger partial charge in [-0.1, -0.05) is 189 Å². The van der Waals surface area contributed by atoms with Gasteiger partial charge in [0.2, 0.25) is 0 Å². The van der Waals surface area contributed by atoms with Gasteiger partial charge in [0.05, 0.1) is 15.7 Å². The number of benzene rings is 9. The number of hydrogen-bond acceptors (Lipinski definition) is 4. The van der Waals surface area contributed by atoms with E-state index in [9.17, 15) is 0 Å². The Hall–Kier alpha value is -7.18. The Kier molecular flexibility index (Phi) is 7.99. The number of aryl methyl sites for hydroxylation is 1. The van der Waals surface area contributed by atoms with Crippen molar-refractivity contribution < 1.29 is 0 Å². The average molecular weight is 828 g/mol. The quantitative estimate of drug-likeness (QED) is 0.167. The molecule has 0 aliphatic carbocycles. The van der Waals surface area contributed by atoms with E-state index in [1.807, 2.05) is 11.3 Å². The fraction of sp³-hybridized carbons (Fsp3) is 0.0526. The zero-order valence-electron chi connectivity index (χ0n) is 33.9. The van der Waals surface area contributed by atoms with Crippen molar-refractivity contribution in [1.82, 2.24) is 14.5 Å². The molecule has 9 aromatic carbocycles. The molecule has 0 unspecified atom stereocenters. The second-order valence-electron chi connectivity index (χ2n) is 16.3. The van der Waals surface area contributed by atoms with Crippen LogP contribution in [0.1, 0.15) is 18.9 Å². The van der Waals surface area contributed by atoms with E-state index in [4.69, 9.17) is 9.97 Å². The maximum absolute atomic E-state index is 5.87. The topological polar surface area (TPSA) is 30.7 Å². The van der Waals surface area contributed by atoms with Crippen molar-refractivity contribution in [2.45, 2.75) is 19.8 Å². The van der Waals surface area contributed by atoms with Crippen LogP contribution in [0.5, 0.6) is 0 Å². The number of thiophene rings is 2. The molecule has 292 valence electrons. The Labute approximate surface area is 365 Å². The lowest BCUT2D eigenvalue weighted by Crippen LogP contribution is -2.03. The molecule has 0 radical (unpaired) electrons. The molecule has 3 nitrogen and oxygen atoms in total. The number of fused-ring (bicyclic) bond motifs is 15. The molecule has 5 heteroatoms. The van der Waals surface area contributed by atoms with Crippen LogP contribution in [0, 0.1) is 0 Å². The highest BCUT2D eigenvalue weighted by Gasteiger charge is 2.28. The fourth-order valence-corrected chi connectivity index (χ4v) is 12.5. The van der Waals surface area contributed by atoms with E-state index in [2.05, 4.69) is 193 Å². The summed E-state index contributed by atoms with van der Waals surface area (Å²) in [5, 5.41) is 12.6. The van der Waals surface area contributed by atoms with E-state index in [1.165, 1.54) is 84.8 Å². The molecule has 0 N–H and O–H groups in total. The average Bonchev–Trinajstić information content (AvgIpc) is 4.03. The number of nitrogens with zero attached hydrogens (tertiary/aromatic N) is 3. The molecule has 0 fully saturated rings. The summed E-state index contributed by atoms with van der Waals surface area (Å²) in [7, 11) is 0. The zero-order valence-corrected chi connectivity index (χ0v) is 35.5. The van der Waals surface area contributed by atoms with Gasteiger partial charge in [0.1, 0.15) is 16.0 Å². The van der Waals surface area contributed by atoms with E-state index in [0.29, 0.717) is 0 Å². The molecule has 0 atom stereocenters. The molecule has 0 saturated carbocycles. The van der Waals surface area contributed by atoms with Gasteiger partial charge in [0.25, 0.3) is 0 Å². The molecule has 0 bridgehead atoms. The van der Waals surface area contributed by atoms with Gasteiger partial charge in [-0.05, 0) is 61.5 Å². The predicted molar refractivity (Wildman–Crippen MR) is 267 cm³/mol. The number of aromatic nitrogens is 3. The summed E-state index contributed by atoms with van der Waals surface area (Å²) >= 11 is 3.65. The van der Waals surface area contributed by atoms with Crippen molar-refractivity contribution >= 4 is 107 Å². The van der Waals surface area contributed by atoms with Crippen LogP contribution in [0.4, 0.5) is 0 Å². The Morgan fingerprint density at radius 3 is 1.84 bits per heavy atom. The summed E-state index contributed by atoms with van der Waals surface area (Å²) in [4.78, 5) is 13.8. The Morgan fingerprint density at radius 1 is 0.468 bits per heavy atom. The van der Waals surface area contributed by atoms with Crippen LogP contribution in [0.15, 0.2) is 182 Å². The first-order valence-electron chi connectivity index (χ1n) is 21.4. The molecule has 13 rings (SSSR count). The van der Waals surface area contributed by atoms with Crippen LogP contribution in [0.3, 0.4) is 0 Å². The first kappa shape index (κ1) is 35.6. The summed E-state index contributed by atoms with van der Waals surface area (Å²) in [5.74, 6) is 0.837. The maximum Gasteiger partial charge on any atom is 0.166 e. The molecule has 0 saturated heterocycles. The second kappa shape index (κ2) is 13.9. The van der Waals surface area contributed by atoms with Crippen LogP contribution in [-0.2, 0) is 6.42 Å². The smallest absolute Gasteiger partial charge is 0.166 e. The van der Waals surface area contributed by atoms with Crippen LogP contribution in [-0.4, -0.2) is 14.5 Å². The standard InChI is InChI=1S/C57H37N3S2/c1-2-15-34-26-28-37(29-27-34)46-51-57(62-53(46)39-20-7-4-8-21-39)59-56(50(58-51)38-18-5-3-6-19-38)60-45-33-31-35-16-9-11-22-40(35)48(45)49-43-25-14-13-24-42(43)47-44-32-30-36-17-10-12-23-41(36)54(44)61-55(47)52(49)60/h3-14,16-33H,2,15H2,1H3. The second-order valence-corrected chi connectivity index (χ2v) is 18.3. The lowest BCUT2D eigenvalue weighted by atomic mass is 9.96. The van der Waals surface area contributed by atoms with Crippen molar-refractivity contribution in [3.63, 3.8) is 0 Å². The van der Waals surface area contributed by atoms with Crippen molar-refractivity contribution in [2.24, 2.45) is 0 Å². The van der Waals surface area contributed by atoms with Crippen LogP contribution < -0.4 is 0 Å².